The van der Waals surface area contributed by atoms with Crippen molar-refractivity contribution < 1.29 is 9.53 Å². The smallest absolute Gasteiger partial charge is 0.220 e. The Morgan fingerprint density at radius 2 is 1.70 bits per heavy atom. The molecule has 3 aliphatic rings. The number of fused-ring (bicyclic) bond motifs is 1. The lowest BCUT2D eigenvalue weighted by atomic mass is 9.86. The normalized spacial score (nSPS) is 21.6. The molecule has 2 atom stereocenters. The average Bonchev–Trinajstić information content (AvgIpc) is 3.48. The van der Waals surface area contributed by atoms with Gasteiger partial charge in [-0.1, -0.05) is 74.6 Å². The SMILES string of the molecule is COc1ccc(C[C@H]2CN3C(=NC[C@@H]3Cc3ccccc3)N2CCNC(=O)CCC2CCCCC2)cc1. The number of nitrogens with zero attached hydrogens (tertiary/aromatic N) is 3. The third-order valence-corrected chi connectivity index (χ3v) is 8.37. The van der Waals surface area contributed by atoms with Gasteiger partial charge in [-0.25, -0.2) is 0 Å². The minimum atomic E-state index is 0.198. The van der Waals surface area contributed by atoms with E-state index in [1.807, 2.05) is 12.1 Å². The first-order valence-corrected chi connectivity index (χ1v) is 14.2. The Labute approximate surface area is 222 Å². The standard InChI is InChI=1S/C31H42N4O2/c1-37-29-15-12-26(13-16-29)21-28-23-35-27(20-25-10-6-3-7-11-25)22-33-31(35)34(28)19-18-32-30(36)17-14-24-8-4-2-5-9-24/h3,6-7,10-13,15-16,24,27-28H,2,4-5,8-9,14,17-23H2,1H3,(H,32,36)/t27-,28-/m0/s1. The Morgan fingerprint density at radius 1 is 0.973 bits per heavy atom. The highest BCUT2D eigenvalue weighted by atomic mass is 16.5. The van der Waals surface area contributed by atoms with Crippen LogP contribution in [0.25, 0.3) is 0 Å². The summed E-state index contributed by atoms with van der Waals surface area (Å²) in [7, 11) is 1.71. The van der Waals surface area contributed by atoms with Crippen LogP contribution in [0.1, 0.15) is 56.1 Å². The molecule has 2 aliphatic heterocycles. The summed E-state index contributed by atoms with van der Waals surface area (Å²) < 4.78 is 5.35. The highest BCUT2D eigenvalue weighted by molar-refractivity contribution is 5.85. The van der Waals surface area contributed by atoms with Crippen LogP contribution in [-0.4, -0.2) is 67.0 Å². The highest BCUT2D eigenvalue weighted by Crippen LogP contribution is 2.29. The van der Waals surface area contributed by atoms with E-state index in [-0.39, 0.29) is 5.91 Å². The van der Waals surface area contributed by atoms with Gasteiger partial charge in [-0.15, -0.1) is 0 Å². The molecular weight excluding hydrogens is 460 g/mol. The lowest BCUT2D eigenvalue weighted by Crippen LogP contribution is -2.42. The van der Waals surface area contributed by atoms with Gasteiger partial charge >= 0.3 is 0 Å². The summed E-state index contributed by atoms with van der Waals surface area (Å²) in [5.41, 5.74) is 2.66. The molecule has 198 valence electrons. The quantitative estimate of drug-likeness (QED) is 0.485. The number of ether oxygens (including phenoxy) is 1. The summed E-state index contributed by atoms with van der Waals surface area (Å²) in [5.74, 6) is 2.94. The third-order valence-electron chi connectivity index (χ3n) is 8.37. The van der Waals surface area contributed by atoms with Crippen molar-refractivity contribution in [3.05, 3.63) is 65.7 Å². The minimum absolute atomic E-state index is 0.198. The molecule has 1 saturated heterocycles. The molecule has 5 rings (SSSR count). The van der Waals surface area contributed by atoms with Crippen LogP contribution in [0.15, 0.2) is 59.6 Å². The number of aliphatic imine (C=N–C) groups is 1. The van der Waals surface area contributed by atoms with E-state index in [1.54, 1.807) is 7.11 Å². The maximum Gasteiger partial charge on any atom is 0.220 e. The van der Waals surface area contributed by atoms with E-state index in [0.717, 1.165) is 56.5 Å². The van der Waals surface area contributed by atoms with Crippen LogP contribution in [0.3, 0.4) is 0 Å². The van der Waals surface area contributed by atoms with Crippen LogP contribution in [0.4, 0.5) is 0 Å². The first-order chi connectivity index (χ1) is 18.2. The van der Waals surface area contributed by atoms with Gasteiger partial charge in [-0.3, -0.25) is 9.79 Å². The predicted octanol–water partition coefficient (Wildman–Crippen LogP) is 4.68. The molecule has 2 fully saturated rings. The van der Waals surface area contributed by atoms with Crippen LogP contribution in [0.5, 0.6) is 5.75 Å². The van der Waals surface area contributed by atoms with Gasteiger partial charge < -0.3 is 19.9 Å². The molecule has 6 heteroatoms. The van der Waals surface area contributed by atoms with Crippen LogP contribution >= 0.6 is 0 Å². The number of guanidine groups is 1. The number of rotatable bonds is 11. The molecule has 2 aromatic rings. The largest absolute Gasteiger partial charge is 0.497 e. The zero-order valence-corrected chi connectivity index (χ0v) is 22.3. The molecule has 2 aromatic carbocycles. The third kappa shape index (κ3) is 6.65. The highest BCUT2D eigenvalue weighted by Gasteiger charge is 2.41. The number of methoxy groups -OCH3 is 1. The molecule has 1 N–H and O–H groups in total. The van der Waals surface area contributed by atoms with Crippen LogP contribution < -0.4 is 10.1 Å². The van der Waals surface area contributed by atoms with Crippen molar-refractivity contribution in [1.82, 2.24) is 15.1 Å². The van der Waals surface area contributed by atoms with E-state index < -0.39 is 0 Å². The second-order valence-electron chi connectivity index (χ2n) is 10.9. The molecule has 0 radical (unpaired) electrons. The van der Waals surface area contributed by atoms with E-state index in [4.69, 9.17) is 9.73 Å². The second kappa shape index (κ2) is 12.5. The first kappa shape index (κ1) is 25.6. The van der Waals surface area contributed by atoms with E-state index in [0.29, 0.717) is 25.0 Å². The second-order valence-corrected chi connectivity index (χ2v) is 10.9. The van der Waals surface area contributed by atoms with E-state index >= 15 is 0 Å². The summed E-state index contributed by atoms with van der Waals surface area (Å²) in [6.45, 7) is 3.27. The predicted molar refractivity (Wildman–Crippen MR) is 149 cm³/mol. The lowest BCUT2D eigenvalue weighted by molar-refractivity contribution is -0.121. The first-order valence-electron chi connectivity index (χ1n) is 14.2. The van der Waals surface area contributed by atoms with E-state index in [9.17, 15) is 4.79 Å². The lowest BCUT2D eigenvalue weighted by Gasteiger charge is -2.26. The van der Waals surface area contributed by atoms with Gasteiger partial charge in [0.2, 0.25) is 5.91 Å². The van der Waals surface area contributed by atoms with Crippen molar-refractivity contribution in [2.45, 2.75) is 69.9 Å². The summed E-state index contributed by atoms with van der Waals surface area (Å²) in [5, 5.41) is 3.21. The van der Waals surface area contributed by atoms with Gasteiger partial charge in [0.1, 0.15) is 5.75 Å². The van der Waals surface area contributed by atoms with E-state index in [1.165, 1.54) is 43.2 Å². The zero-order chi connectivity index (χ0) is 25.5. The Balaban J connectivity index is 1.19. The molecule has 0 unspecified atom stereocenters. The van der Waals surface area contributed by atoms with Gasteiger partial charge in [0.05, 0.1) is 25.7 Å². The van der Waals surface area contributed by atoms with Gasteiger partial charge in [-0.05, 0) is 48.4 Å². The molecule has 1 amide bonds. The number of carbonyl (C=O) groups is 1. The topological polar surface area (TPSA) is 57.2 Å². The Morgan fingerprint density at radius 3 is 2.46 bits per heavy atom. The Kier molecular flexibility index (Phi) is 8.64. The van der Waals surface area contributed by atoms with Gasteiger partial charge in [0, 0.05) is 26.1 Å². The van der Waals surface area contributed by atoms with Gasteiger partial charge in [-0.2, -0.15) is 0 Å². The Hall–Kier alpha value is -3.02. The summed E-state index contributed by atoms with van der Waals surface area (Å²) in [4.78, 5) is 22.5. The fraction of sp³-hybridized carbons (Fsp3) is 0.548. The summed E-state index contributed by atoms with van der Waals surface area (Å²) in [6, 6.07) is 19.9. The number of amides is 1. The van der Waals surface area contributed by atoms with Crippen LogP contribution in [-0.2, 0) is 17.6 Å². The number of carbonyl (C=O) groups excluding carboxylic acids is 1. The van der Waals surface area contributed by atoms with E-state index in [2.05, 4.69) is 57.6 Å². The fourth-order valence-corrected chi connectivity index (χ4v) is 6.28. The maximum absolute atomic E-state index is 12.6. The minimum Gasteiger partial charge on any atom is -0.497 e. The number of hydrogen-bond donors (Lipinski definition) is 1. The van der Waals surface area contributed by atoms with Crippen molar-refractivity contribution >= 4 is 11.9 Å². The molecular formula is C31H42N4O2. The molecule has 6 nitrogen and oxygen atoms in total. The molecule has 0 bridgehead atoms. The van der Waals surface area contributed by atoms with Crippen molar-refractivity contribution in [1.29, 1.82) is 0 Å². The number of benzene rings is 2. The molecule has 37 heavy (non-hydrogen) atoms. The summed E-state index contributed by atoms with van der Waals surface area (Å²) >= 11 is 0. The number of nitrogens with one attached hydrogen (secondary N) is 1. The van der Waals surface area contributed by atoms with Crippen molar-refractivity contribution in [3.63, 3.8) is 0 Å². The Bertz CT molecular complexity index is 1030. The average molecular weight is 503 g/mol. The molecule has 1 saturated carbocycles. The molecule has 1 aliphatic carbocycles. The van der Waals surface area contributed by atoms with Crippen LogP contribution in [0.2, 0.25) is 0 Å². The van der Waals surface area contributed by atoms with Crippen molar-refractivity contribution in [2.75, 3.05) is 33.3 Å². The summed E-state index contributed by atoms with van der Waals surface area (Å²) in [6.07, 6.45) is 10.3. The molecule has 0 aromatic heterocycles. The zero-order valence-electron chi connectivity index (χ0n) is 22.3. The molecule has 0 spiro atoms. The maximum atomic E-state index is 12.6. The van der Waals surface area contributed by atoms with Gasteiger partial charge in [0.25, 0.3) is 0 Å². The fourth-order valence-electron chi connectivity index (χ4n) is 6.28. The number of hydrogen-bond acceptors (Lipinski definition) is 5. The molecule has 2 heterocycles. The van der Waals surface area contributed by atoms with Crippen molar-refractivity contribution in [2.24, 2.45) is 10.9 Å². The van der Waals surface area contributed by atoms with Crippen molar-refractivity contribution in [3.8, 4) is 5.75 Å². The van der Waals surface area contributed by atoms with Gasteiger partial charge in [0.15, 0.2) is 5.96 Å². The monoisotopic (exact) mass is 502 g/mol. The van der Waals surface area contributed by atoms with Crippen LogP contribution in [0, 0.1) is 5.92 Å².